The lowest BCUT2D eigenvalue weighted by atomic mass is 9.77. The number of carbonyl (C=O) groups is 3. The van der Waals surface area contributed by atoms with Crippen molar-refractivity contribution < 1.29 is 19.1 Å². The molecular weight excluding hydrogens is 334 g/mol. The van der Waals surface area contributed by atoms with Gasteiger partial charge in [-0.05, 0) is 44.1 Å². The second-order valence-corrected chi connectivity index (χ2v) is 7.25. The number of hydrogen-bond donors (Lipinski definition) is 2. The maximum atomic E-state index is 12.7. The van der Waals surface area contributed by atoms with E-state index in [4.69, 9.17) is 4.74 Å². The number of hydrogen-bond acceptors (Lipinski definition) is 4. The van der Waals surface area contributed by atoms with Crippen molar-refractivity contribution in [3.05, 3.63) is 35.9 Å². The minimum absolute atomic E-state index is 0.275. The van der Waals surface area contributed by atoms with Gasteiger partial charge in [0.1, 0.15) is 11.6 Å². The van der Waals surface area contributed by atoms with Crippen LogP contribution in [0.2, 0.25) is 0 Å². The first-order valence-corrected chi connectivity index (χ1v) is 9.04. The van der Waals surface area contributed by atoms with Crippen LogP contribution in [0.15, 0.2) is 30.3 Å². The Morgan fingerprint density at radius 3 is 2.62 bits per heavy atom. The molecule has 1 saturated heterocycles. The van der Waals surface area contributed by atoms with E-state index in [-0.39, 0.29) is 12.5 Å². The molecule has 4 amide bonds. The zero-order valence-corrected chi connectivity index (χ0v) is 15.2. The minimum atomic E-state index is -0.870. The Morgan fingerprint density at radius 1 is 1.31 bits per heavy atom. The number of imide groups is 1. The largest absolute Gasteiger partial charge is 0.364 e. The molecule has 1 aromatic rings. The van der Waals surface area contributed by atoms with Gasteiger partial charge >= 0.3 is 6.03 Å². The van der Waals surface area contributed by atoms with Gasteiger partial charge in [0.05, 0.1) is 6.61 Å². The van der Waals surface area contributed by atoms with Crippen LogP contribution in [0.3, 0.4) is 0 Å². The number of rotatable bonds is 5. The lowest BCUT2D eigenvalue weighted by Crippen LogP contribution is -2.53. The highest BCUT2D eigenvalue weighted by molar-refractivity contribution is 6.08. The van der Waals surface area contributed by atoms with Gasteiger partial charge in [-0.15, -0.1) is 0 Å². The van der Waals surface area contributed by atoms with Crippen molar-refractivity contribution in [1.82, 2.24) is 15.8 Å². The molecule has 1 aliphatic carbocycles. The highest BCUT2D eigenvalue weighted by Gasteiger charge is 2.53. The van der Waals surface area contributed by atoms with Crippen LogP contribution in [-0.2, 0) is 20.9 Å². The number of benzene rings is 1. The summed E-state index contributed by atoms with van der Waals surface area (Å²) in [5.41, 5.74) is 2.48. The third-order valence-electron chi connectivity index (χ3n) is 5.22. The molecule has 140 valence electrons. The van der Waals surface area contributed by atoms with Gasteiger partial charge in [0, 0.05) is 0 Å². The summed E-state index contributed by atoms with van der Waals surface area (Å²) in [5, 5.41) is 3.58. The van der Waals surface area contributed by atoms with Crippen molar-refractivity contribution in [2.45, 2.75) is 57.8 Å². The molecule has 3 rings (SSSR count). The second-order valence-electron chi connectivity index (χ2n) is 7.25. The van der Waals surface area contributed by atoms with Crippen molar-refractivity contribution >= 4 is 17.8 Å². The van der Waals surface area contributed by atoms with Gasteiger partial charge in [-0.2, -0.15) is 5.01 Å². The molecule has 1 saturated carbocycles. The summed E-state index contributed by atoms with van der Waals surface area (Å²) in [7, 11) is 0. The van der Waals surface area contributed by atoms with E-state index in [1.807, 2.05) is 30.3 Å². The molecule has 0 aromatic heterocycles. The lowest BCUT2D eigenvalue weighted by molar-refractivity contribution is -0.145. The fraction of sp³-hybridized carbons (Fsp3) is 0.526. The Kier molecular flexibility index (Phi) is 5.27. The van der Waals surface area contributed by atoms with Crippen LogP contribution >= 0.6 is 0 Å². The van der Waals surface area contributed by atoms with Crippen molar-refractivity contribution in [2.24, 2.45) is 5.92 Å². The maximum Gasteiger partial charge on any atom is 0.344 e. The summed E-state index contributed by atoms with van der Waals surface area (Å²) in [5.74, 6) is -0.357. The Labute approximate surface area is 153 Å². The smallest absolute Gasteiger partial charge is 0.344 e. The Bertz CT molecular complexity index is 683. The molecule has 0 radical (unpaired) electrons. The van der Waals surface area contributed by atoms with E-state index in [0.29, 0.717) is 18.8 Å². The number of ether oxygens (including phenoxy) is 1. The summed E-state index contributed by atoms with van der Waals surface area (Å²) >= 11 is 0. The van der Waals surface area contributed by atoms with Crippen LogP contribution in [0.5, 0.6) is 0 Å². The predicted octanol–water partition coefficient (Wildman–Crippen LogP) is 2.12. The summed E-state index contributed by atoms with van der Waals surface area (Å²) < 4.78 is 5.54. The predicted molar refractivity (Wildman–Crippen MR) is 94.6 cm³/mol. The van der Waals surface area contributed by atoms with E-state index in [9.17, 15) is 14.4 Å². The Morgan fingerprint density at radius 2 is 1.96 bits per heavy atom. The number of hydrazine groups is 1. The van der Waals surface area contributed by atoms with Gasteiger partial charge in [-0.25, -0.2) is 4.79 Å². The molecule has 1 aromatic carbocycles. The fourth-order valence-corrected chi connectivity index (χ4v) is 3.39. The lowest BCUT2D eigenvalue weighted by Gasteiger charge is -2.33. The van der Waals surface area contributed by atoms with Gasteiger partial charge < -0.3 is 10.1 Å². The molecule has 7 nitrogen and oxygen atoms in total. The van der Waals surface area contributed by atoms with E-state index in [1.165, 1.54) is 0 Å². The van der Waals surface area contributed by atoms with E-state index < -0.39 is 23.6 Å². The number of nitrogens with zero attached hydrogens (tertiary/aromatic N) is 1. The molecule has 2 fully saturated rings. The van der Waals surface area contributed by atoms with E-state index in [2.05, 4.69) is 17.7 Å². The monoisotopic (exact) mass is 359 g/mol. The van der Waals surface area contributed by atoms with E-state index >= 15 is 0 Å². The van der Waals surface area contributed by atoms with E-state index in [1.54, 1.807) is 6.92 Å². The normalized spacial score (nSPS) is 26.7. The van der Waals surface area contributed by atoms with E-state index in [0.717, 1.165) is 23.4 Å². The van der Waals surface area contributed by atoms with Crippen LogP contribution < -0.4 is 10.7 Å². The van der Waals surface area contributed by atoms with Gasteiger partial charge in [0.25, 0.3) is 11.8 Å². The van der Waals surface area contributed by atoms with Crippen molar-refractivity contribution in [3.63, 3.8) is 0 Å². The summed E-state index contributed by atoms with van der Waals surface area (Å²) in [6, 6.07) is 8.90. The minimum Gasteiger partial charge on any atom is -0.364 e. The zero-order valence-electron chi connectivity index (χ0n) is 15.2. The third kappa shape index (κ3) is 3.72. The maximum absolute atomic E-state index is 12.7. The zero-order chi connectivity index (χ0) is 18.7. The van der Waals surface area contributed by atoms with Gasteiger partial charge in [0.2, 0.25) is 0 Å². The first-order chi connectivity index (χ1) is 12.4. The SMILES string of the molecule is CC1CCC2(CC1)NC(=O)N(NC(=O)C(C)OCc1ccccc1)C2=O. The van der Waals surface area contributed by atoms with Crippen LogP contribution in [0, 0.1) is 5.92 Å². The quantitative estimate of drug-likeness (QED) is 0.789. The average molecular weight is 359 g/mol. The van der Waals surface area contributed by atoms with Crippen molar-refractivity contribution in [1.29, 1.82) is 0 Å². The highest BCUT2D eigenvalue weighted by atomic mass is 16.5. The highest BCUT2D eigenvalue weighted by Crippen LogP contribution is 2.35. The number of amides is 4. The van der Waals surface area contributed by atoms with Crippen molar-refractivity contribution in [3.8, 4) is 0 Å². The molecule has 1 heterocycles. The fourth-order valence-electron chi connectivity index (χ4n) is 3.39. The van der Waals surface area contributed by atoms with Crippen LogP contribution in [0.4, 0.5) is 4.79 Å². The molecule has 2 aliphatic rings. The molecule has 1 aliphatic heterocycles. The molecule has 1 atom stereocenters. The topological polar surface area (TPSA) is 87.7 Å². The molecule has 1 spiro atoms. The molecular formula is C19H25N3O4. The van der Waals surface area contributed by atoms with Crippen LogP contribution in [0.25, 0.3) is 0 Å². The third-order valence-corrected chi connectivity index (χ3v) is 5.22. The second kappa shape index (κ2) is 7.45. The van der Waals surface area contributed by atoms with Gasteiger partial charge in [0.15, 0.2) is 0 Å². The van der Waals surface area contributed by atoms with Crippen LogP contribution in [-0.4, -0.2) is 34.5 Å². The molecule has 26 heavy (non-hydrogen) atoms. The first-order valence-electron chi connectivity index (χ1n) is 9.04. The summed E-state index contributed by atoms with van der Waals surface area (Å²) in [4.78, 5) is 37.3. The number of nitrogens with one attached hydrogen (secondary N) is 2. The summed E-state index contributed by atoms with van der Waals surface area (Å²) in [6.45, 7) is 4.01. The van der Waals surface area contributed by atoms with Crippen LogP contribution in [0.1, 0.15) is 45.1 Å². The molecule has 2 N–H and O–H groups in total. The Balaban J connectivity index is 1.56. The molecule has 0 bridgehead atoms. The van der Waals surface area contributed by atoms with Gasteiger partial charge in [-0.3, -0.25) is 15.0 Å². The molecule has 1 unspecified atom stereocenters. The molecule has 7 heteroatoms. The summed E-state index contributed by atoms with van der Waals surface area (Å²) in [6.07, 6.45) is 2.17. The first kappa shape index (κ1) is 18.4. The Hall–Kier alpha value is -2.41. The number of urea groups is 1. The standard InChI is InChI=1S/C19H25N3O4/c1-13-8-10-19(11-9-13)17(24)22(18(25)20-19)21-16(23)14(2)26-12-15-6-4-3-5-7-15/h3-7,13-14H,8-12H2,1-2H3,(H,20,25)(H,21,23). The van der Waals surface area contributed by atoms with Crippen molar-refractivity contribution in [2.75, 3.05) is 0 Å². The van der Waals surface area contributed by atoms with Gasteiger partial charge in [-0.1, -0.05) is 37.3 Å². The number of carbonyl (C=O) groups excluding carboxylic acids is 3. The average Bonchev–Trinajstić information content (AvgIpc) is 2.87.